The van der Waals surface area contributed by atoms with E-state index in [1.54, 1.807) is 0 Å². The van der Waals surface area contributed by atoms with Gasteiger partial charge in [0.2, 0.25) is 0 Å². The summed E-state index contributed by atoms with van der Waals surface area (Å²) in [4.78, 5) is 10.3. The SMILES string of the molecule is CN1CCn2ncc(-c3cnc4[nH]cc(-c5ccn6nccc6c5)c4c3)c2C1. The molecule has 0 spiro atoms. The third-order valence-electron chi connectivity index (χ3n) is 5.61. The molecular formula is C21H19N7. The smallest absolute Gasteiger partial charge is 0.137 e. The fourth-order valence-corrected chi connectivity index (χ4v) is 4.09. The highest BCUT2D eigenvalue weighted by molar-refractivity contribution is 5.96. The number of hydrogen-bond donors (Lipinski definition) is 1. The summed E-state index contributed by atoms with van der Waals surface area (Å²) in [5.41, 5.74) is 7.79. The third kappa shape index (κ3) is 2.30. The molecule has 0 radical (unpaired) electrons. The molecule has 6 rings (SSSR count). The van der Waals surface area contributed by atoms with Crippen molar-refractivity contribution in [1.82, 2.24) is 34.3 Å². The quantitative estimate of drug-likeness (QED) is 0.519. The maximum absolute atomic E-state index is 4.68. The fraction of sp³-hybridized carbons (Fsp3) is 0.190. The van der Waals surface area contributed by atoms with Crippen molar-refractivity contribution in [1.29, 1.82) is 0 Å². The lowest BCUT2D eigenvalue weighted by Crippen LogP contribution is -2.30. The molecule has 6 heterocycles. The summed E-state index contributed by atoms with van der Waals surface area (Å²) in [5, 5.41) is 9.99. The first-order valence-corrected chi connectivity index (χ1v) is 9.41. The zero-order chi connectivity index (χ0) is 18.7. The zero-order valence-electron chi connectivity index (χ0n) is 15.5. The van der Waals surface area contributed by atoms with Gasteiger partial charge in [0.05, 0.1) is 24.0 Å². The first kappa shape index (κ1) is 15.6. The van der Waals surface area contributed by atoms with Gasteiger partial charge >= 0.3 is 0 Å². The molecule has 0 aromatic carbocycles. The van der Waals surface area contributed by atoms with Crippen molar-refractivity contribution in [3.63, 3.8) is 0 Å². The number of H-pyrrole nitrogens is 1. The van der Waals surface area contributed by atoms with Crippen molar-refractivity contribution in [3.8, 4) is 22.3 Å². The second kappa shape index (κ2) is 5.77. The van der Waals surface area contributed by atoms with Crippen LogP contribution in [0.1, 0.15) is 5.69 Å². The minimum Gasteiger partial charge on any atom is -0.346 e. The molecule has 7 heteroatoms. The Hall–Kier alpha value is -3.45. The summed E-state index contributed by atoms with van der Waals surface area (Å²) < 4.78 is 3.99. The predicted octanol–water partition coefficient (Wildman–Crippen LogP) is 3.19. The van der Waals surface area contributed by atoms with Crippen LogP contribution in [0.2, 0.25) is 0 Å². The van der Waals surface area contributed by atoms with E-state index in [4.69, 9.17) is 0 Å². The normalized spacial score (nSPS) is 14.8. The van der Waals surface area contributed by atoms with E-state index in [0.717, 1.165) is 52.9 Å². The van der Waals surface area contributed by atoms with Crippen LogP contribution in [0.25, 0.3) is 38.8 Å². The van der Waals surface area contributed by atoms with Crippen LogP contribution in [-0.2, 0) is 13.1 Å². The van der Waals surface area contributed by atoms with Crippen LogP contribution in [0.5, 0.6) is 0 Å². The van der Waals surface area contributed by atoms with Crippen LogP contribution in [-0.4, -0.2) is 47.9 Å². The molecular weight excluding hydrogens is 350 g/mol. The molecule has 28 heavy (non-hydrogen) atoms. The standard InChI is InChI=1S/C21H19N7/c1-26-6-7-28-20(13-26)19(12-25-28)15-9-17-18(11-23-21(17)22-10-15)14-3-5-27-16(8-14)2-4-24-27/h2-5,8-12H,6-7,13H2,1H3,(H,22,23). The molecule has 1 aliphatic heterocycles. The Morgan fingerprint density at radius 3 is 2.93 bits per heavy atom. The van der Waals surface area contributed by atoms with E-state index in [-0.39, 0.29) is 0 Å². The largest absolute Gasteiger partial charge is 0.346 e. The number of fused-ring (bicyclic) bond motifs is 3. The molecule has 0 atom stereocenters. The molecule has 138 valence electrons. The molecule has 0 aliphatic carbocycles. The molecule has 0 fully saturated rings. The maximum Gasteiger partial charge on any atom is 0.137 e. The van der Waals surface area contributed by atoms with Gasteiger partial charge in [-0.2, -0.15) is 10.2 Å². The second-order valence-corrected chi connectivity index (χ2v) is 7.40. The second-order valence-electron chi connectivity index (χ2n) is 7.40. The van der Waals surface area contributed by atoms with Crippen LogP contribution < -0.4 is 0 Å². The predicted molar refractivity (Wildman–Crippen MR) is 108 cm³/mol. The Morgan fingerprint density at radius 1 is 1.00 bits per heavy atom. The average Bonchev–Trinajstić information content (AvgIpc) is 3.44. The molecule has 0 unspecified atom stereocenters. The lowest BCUT2D eigenvalue weighted by molar-refractivity contribution is 0.259. The van der Waals surface area contributed by atoms with Crippen LogP contribution in [0, 0.1) is 0 Å². The van der Waals surface area contributed by atoms with E-state index < -0.39 is 0 Å². The average molecular weight is 369 g/mol. The number of nitrogens with zero attached hydrogens (tertiary/aromatic N) is 6. The van der Waals surface area contributed by atoms with E-state index in [0.29, 0.717) is 0 Å². The van der Waals surface area contributed by atoms with Crippen LogP contribution in [0.3, 0.4) is 0 Å². The summed E-state index contributed by atoms with van der Waals surface area (Å²) in [6, 6.07) is 8.48. The van der Waals surface area contributed by atoms with Gasteiger partial charge in [-0.05, 0) is 36.9 Å². The van der Waals surface area contributed by atoms with Gasteiger partial charge in [0.25, 0.3) is 0 Å². The Morgan fingerprint density at radius 2 is 1.96 bits per heavy atom. The summed E-state index contributed by atoms with van der Waals surface area (Å²) in [6.45, 7) is 2.87. The molecule has 1 aliphatic rings. The van der Waals surface area contributed by atoms with E-state index in [9.17, 15) is 0 Å². The number of likely N-dealkylation sites (N-methyl/N-ethyl adjacent to an activating group) is 1. The molecule has 5 aromatic heterocycles. The summed E-state index contributed by atoms with van der Waals surface area (Å²) >= 11 is 0. The Labute approximate surface area is 161 Å². The molecule has 0 bridgehead atoms. The van der Waals surface area contributed by atoms with Gasteiger partial charge in [0, 0.05) is 60.0 Å². The number of rotatable bonds is 2. The topological polar surface area (TPSA) is 67.0 Å². The molecule has 0 amide bonds. The fourth-order valence-electron chi connectivity index (χ4n) is 4.09. The van der Waals surface area contributed by atoms with Gasteiger partial charge in [-0.25, -0.2) is 9.50 Å². The van der Waals surface area contributed by atoms with Gasteiger partial charge < -0.3 is 4.98 Å². The highest BCUT2D eigenvalue weighted by Crippen LogP contribution is 2.33. The minimum atomic E-state index is 0.894. The van der Waals surface area contributed by atoms with E-state index in [1.807, 2.05) is 41.6 Å². The van der Waals surface area contributed by atoms with Crippen molar-refractivity contribution in [3.05, 3.63) is 60.9 Å². The number of pyridine rings is 2. The highest BCUT2D eigenvalue weighted by Gasteiger charge is 2.20. The first-order valence-electron chi connectivity index (χ1n) is 9.41. The molecule has 5 aromatic rings. The van der Waals surface area contributed by atoms with Crippen LogP contribution in [0.15, 0.2) is 55.2 Å². The molecule has 0 saturated heterocycles. The Balaban J connectivity index is 1.50. The van der Waals surface area contributed by atoms with Gasteiger partial charge in [0.15, 0.2) is 0 Å². The maximum atomic E-state index is 4.68. The van der Waals surface area contributed by atoms with E-state index >= 15 is 0 Å². The van der Waals surface area contributed by atoms with Crippen molar-refractivity contribution in [2.45, 2.75) is 13.1 Å². The monoisotopic (exact) mass is 369 g/mol. The van der Waals surface area contributed by atoms with Crippen molar-refractivity contribution >= 4 is 16.6 Å². The lowest BCUT2D eigenvalue weighted by Gasteiger charge is -2.24. The number of hydrogen-bond acceptors (Lipinski definition) is 4. The van der Waals surface area contributed by atoms with Crippen LogP contribution in [0.4, 0.5) is 0 Å². The summed E-state index contributed by atoms with van der Waals surface area (Å²) in [6.07, 6.45) is 9.75. The van der Waals surface area contributed by atoms with Crippen molar-refractivity contribution < 1.29 is 0 Å². The first-order chi connectivity index (χ1) is 13.8. The van der Waals surface area contributed by atoms with Crippen LogP contribution >= 0.6 is 0 Å². The van der Waals surface area contributed by atoms with Gasteiger partial charge in [-0.3, -0.25) is 9.58 Å². The van der Waals surface area contributed by atoms with Gasteiger partial charge in [-0.1, -0.05) is 0 Å². The summed E-state index contributed by atoms with van der Waals surface area (Å²) in [5.74, 6) is 0. The number of nitrogens with one attached hydrogen (secondary N) is 1. The molecule has 7 nitrogen and oxygen atoms in total. The number of aromatic nitrogens is 6. The van der Waals surface area contributed by atoms with Crippen molar-refractivity contribution in [2.75, 3.05) is 13.6 Å². The molecule has 0 saturated carbocycles. The van der Waals surface area contributed by atoms with Gasteiger partial charge in [-0.15, -0.1) is 0 Å². The Bertz CT molecular complexity index is 1320. The minimum absolute atomic E-state index is 0.894. The summed E-state index contributed by atoms with van der Waals surface area (Å²) in [7, 11) is 2.15. The van der Waals surface area contributed by atoms with E-state index in [1.165, 1.54) is 11.3 Å². The lowest BCUT2D eigenvalue weighted by atomic mass is 10.0. The van der Waals surface area contributed by atoms with E-state index in [2.05, 4.69) is 55.0 Å². The Kier molecular flexibility index (Phi) is 3.21. The van der Waals surface area contributed by atoms with Gasteiger partial charge in [0.1, 0.15) is 5.65 Å². The molecule has 1 N–H and O–H groups in total. The van der Waals surface area contributed by atoms with Crippen molar-refractivity contribution in [2.24, 2.45) is 0 Å². The highest BCUT2D eigenvalue weighted by atomic mass is 15.3. The zero-order valence-corrected chi connectivity index (χ0v) is 15.5. The third-order valence-corrected chi connectivity index (χ3v) is 5.61. The number of aromatic amines is 1.